The van der Waals surface area contributed by atoms with Crippen LogP contribution in [0, 0.1) is 6.92 Å². The molecule has 6 heteroatoms. The molecule has 6 nitrogen and oxygen atoms in total. The van der Waals surface area contributed by atoms with Gasteiger partial charge in [0.15, 0.2) is 11.5 Å². The van der Waals surface area contributed by atoms with Crippen molar-refractivity contribution in [1.29, 1.82) is 0 Å². The van der Waals surface area contributed by atoms with Crippen molar-refractivity contribution in [3.8, 4) is 11.5 Å². The first-order valence-corrected chi connectivity index (χ1v) is 10.6. The van der Waals surface area contributed by atoms with Crippen LogP contribution in [0.2, 0.25) is 0 Å². The SMILES string of the molecule is CCN1CCN(c2ccc(NC(=O)c3ccc(OC(C)C)c(OC)c3)cc2C)CC1. The van der Waals surface area contributed by atoms with Gasteiger partial charge >= 0.3 is 0 Å². The second-order valence-corrected chi connectivity index (χ2v) is 7.91. The maximum Gasteiger partial charge on any atom is 0.255 e. The van der Waals surface area contributed by atoms with E-state index >= 15 is 0 Å². The zero-order chi connectivity index (χ0) is 21.7. The fourth-order valence-electron chi connectivity index (χ4n) is 3.76. The number of amides is 1. The van der Waals surface area contributed by atoms with Crippen molar-refractivity contribution < 1.29 is 14.3 Å². The van der Waals surface area contributed by atoms with Crippen LogP contribution in [0.1, 0.15) is 36.7 Å². The molecule has 2 aromatic rings. The van der Waals surface area contributed by atoms with E-state index in [4.69, 9.17) is 9.47 Å². The smallest absolute Gasteiger partial charge is 0.255 e. The maximum atomic E-state index is 12.8. The summed E-state index contributed by atoms with van der Waals surface area (Å²) in [5, 5.41) is 2.99. The first kappa shape index (κ1) is 22.0. The molecule has 0 spiro atoms. The van der Waals surface area contributed by atoms with Gasteiger partial charge in [-0.1, -0.05) is 6.92 Å². The molecule has 1 aliphatic heterocycles. The molecule has 3 rings (SSSR count). The van der Waals surface area contributed by atoms with E-state index in [0.717, 1.165) is 44.0 Å². The highest BCUT2D eigenvalue weighted by molar-refractivity contribution is 6.04. The highest BCUT2D eigenvalue weighted by Gasteiger charge is 2.18. The van der Waals surface area contributed by atoms with Gasteiger partial charge in [0, 0.05) is 43.1 Å². The summed E-state index contributed by atoms with van der Waals surface area (Å²) in [7, 11) is 1.58. The number of aryl methyl sites for hydroxylation is 1. The topological polar surface area (TPSA) is 54.0 Å². The quantitative estimate of drug-likeness (QED) is 0.741. The van der Waals surface area contributed by atoms with Crippen molar-refractivity contribution in [2.75, 3.05) is 50.1 Å². The average molecular weight is 412 g/mol. The van der Waals surface area contributed by atoms with Crippen LogP contribution in [-0.4, -0.2) is 56.7 Å². The third-order valence-corrected chi connectivity index (χ3v) is 5.40. The summed E-state index contributed by atoms with van der Waals surface area (Å²) in [6, 6.07) is 11.4. The number of anilines is 2. The summed E-state index contributed by atoms with van der Waals surface area (Å²) in [6.07, 6.45) is 0.0324. The number of piperazine rings is 1. The van der Waals surface area contributed by atoms with Gasteiger partial charge < -0.3 is 24.6 Å². The summed E-state index contributed by atoms with van der Waals surface area (Å²) in [4.78, 5) is 17.6. The molecule has 1 aliphatic rings. The van der Waals surface area contributed by atoms with Crippen LogP contribution in [0.25, 0.3) is 0 Å². The van der Waals surface area contributed by atoms with Gasteiger partial charge in [0.1, 0.15) is 0 Å². The van der Waals surface area contributed by atoms with Crippen molar-refractivity contribution in [1.82, 2.24) is 4.90 Å². The fraction of sp³-hybridized carbons (Fsp3) is 0.458. The number of benzene rings is 2. The predicted molar refractivity (Wildman–Crippen MR) is 122 cm³/mol. The molecule has 0 aliphatic carbocycles. The lowest BCUT2D eigenvalue weighted by molar-refractivity contribution is 0.102. The van der Waals surface area contributed by atoms with Crippen LogP contribution < -0.4 is 19.7 Å². The number of hydrogen-bond donors (Lipinski definition) is 1. The van der Waals surface area contributed by atoms with E-state index in [1.807, 2.05) is 26.0 Å². The molecular weight excluding hydrogens is 378 g/mol. The van der Waals surface area contributed by atoms with Crippen LogP contribution in [0.3, 0.4) is 0 Å². The van der Waals surface area contributed by atoms with Gasteiger partial charge in [-0.05, 0) is 69.3 Å². The summed E-state index contributed by atoms with van der Waals surface area (Å²) in [6.45, 7) is 13.6. The van der Waals surface area contributed by atoms with Gasteiger partial charge in [0.2, 0.25) is 0 Å². The number of nitrogens with one attached hydrogen (secondary N) is 1. The Bertz CT molecular complexity index is 874. The lowest BCUT2D eigenvalue weighted by atomic mass is 10.1. The Labute approximate surface area is 179 Å². The number of ether oxygens (including phenoxy) is 2. The zero-order valence-corrected chi connectivity index (χ0v) is 18.7. The molecule has 0 saturated carbocycles. The van der Waals surface area contributed by atoms with E-state index < -0.39 is 0 Å². The van der Waals surface area contributed by atoms with Crippen LogP contribution in [0.15, 0.2) is 36.4 Å². The normalized spacial score (nSPS) is 14.7. The number of likely N-dealkylation sites (N-methyl/N-ethyl adjacent to an activating group) is 1. The molecule has 0 aromatic heterocycles. The molecule has 2 aromatic carbocycles. The summed E-state index contributed by atoms with van der Waals surface area (Å²) in [5.74, 6) is 1.01. The van der Waals surface area contributed by atoms with E-state index in [1.54, 1.807) is 25.3 Å². The number of carbonyl (C=O) groups excluding carboxylic acids is 1. The number of carbonyl (C=O) groups is 1. The lowest BCUT2D eigenvalue weighted by Gasteiger charge is -2.36. The molecule has 1 heterocycles. The highest BCUT2D eigenvalue weighted by Crippen LogP contribution is 2.30. The largest absolute Gasteiger partial charge is 0.493 e. The van der Waals surface area contributed by atoms with Crippen LogP contribution in [0.5, 0.6) is 11.5 Å². The Morgan fingerprint density at radius 2 is 1.80 bits per heavy atom. The first-order chi connectivity index (χ1) is 14.4. The Kier molecular flexibility index (Phi) is 7.21. The molecule has 162 valence electrons. The molecule has 0 unspecified atom stereocenters. The number of methoxy groups -OCH3 is 1. The minimum Gasteiger partial charge on any atom is -0.493 e. The Balaban J connectivity index is 1.69. The molecule has 1 amide bonds. The summed E-state index contributed by atoms with van der Waals surface area (Å²) < 4.78 is 11.1. The third-order valence-electron chi connectivity index (χ3n) is 5.40. The maximum absolute atomic E-state index is 12.8. The van der Waals surface area contributed by atoms with E-state index in [1.165, 1.54) is 5.69 Å². The summed E-state index contributed by atoms with van der Waals surface area (Å²) in [5.41, 5.74) is 3.71. The Morgan fingerprint density at radius 3 is 2.40 bits per heavy atom. The van der Waals surface area contributed by atoms with E-state index in [-0.39, 0.29) is 12.0 Å². The molecule has 1 saturated heterocycles. The van der Waals surface area contributed by atoms with Gasteiger partial charge in [-0.25, -0.2) is 0 Å². The molecule has 0 bridgehead atoms. The second-order valence-electron chi connectivity index (χ2n) is 7.91. The monoisotopic (exact) mass is 411 g/mol. The molecule has 1 N–H and O–H groups in total. The average Bonchev–Trinajstić information content (AvgIpc) is 2.74. The van der Waals surface area contributed by atoms with E-state index in [0.29, 0.717) is 17.1 Å². The minimum atomic E-state index is -0.173. The molecule has 0 atom stereocenters. The third kappa shape index (κ3) is 5.25. The fourth-order valence-corrected chi connectivity index (χ4v) is 3.76. The first-order valence-electron chi connectivity index (χ1n) is 10.6. The number of rotatable bonds is 7. The van der Waals surface area contributed by atoms with Gasteiger partial charge in [0.25, 0.3) is 5.91 Å². The number of nitrogens with zero attached hydrogens (tertiary/aromatic N) is 2. The summed E-state index contributed by atoms with van der Waals surface area (Å²) >= 11 is 0. The lowest BCUT2D eigenvalue weighted by Crippen LogP contribution is -2.46. The molecule has 1 fully saturated rings. The van der Waals surface area contributed by atoms with Gasteiger partial charge in [-0.2, -0.15) is 0 Å². The molecule has 30 heavy (non-hydrogen) atoms. The predicted octanol–water partition coefficient (Wildman–Crippen LogP) is 4.19. The zero-order valence-electron chi connectivity index (χ0n) is 18.7. The van der Waals surface area contributed by atoms with Crippen LogP contribution in [-0.2, 0) is 0 Å². The van der Waals surface area contributed by atoms with E-state index in [2.05, 4.69) is 35.0 Å². The van der Waals surface area contributed by atoms with Gasteiger partial charge in [0.05, 0.1) is 13.2 Å². The van der Waals surface area contributed by atoms with Gasteiger partial charge in [-0.3, -0.25) is 4.79 Å². The van der Waals surface area contributed by atoms with E-state index in [9.17, 15) is 4.79 Å². The van der Waals surface area contributed by atoms with Crippen LogP contribution in [0.4, 0.5) is 11.4 Å². The Morgan fingerprint density at radius 1 is 1.07 bits per heavy atom. The second kappa shape index (κ2) is 9.85. The van der Waals surface area contributed by atoms with Gasteiger partial charge in [-0.15, -0.1) is 0 Å². The van der Waals surface area contributed by atoms with Crippen molar-refractivity contribution in [3.63, 3.8) is 0 Å². The van der Waals surface area contributed by atoms with Crippen molar-refractivity contribution in [2.24, 2.45) is 0 Å². The van der Waals surface area contributed by atoms with Crippen molar-refractivity contribution in [2.45, 2.75) is 33.8 Å². The van der Waals surface area contributed by atoms with Crippen molar-refractivity contribution in [3.05, 3.63) is 47.5 Å². The van der Waals surface area contributed by atoms with Crippen molar-refractivity contribution >= 4 is 17.3 Å². The van der Waals surface area contributed by atoms with Crippen LogP contribution >= 0.6 is 0 Å². The standard InChI is InChI=1S/C24H33N3O3/c1-6-26-11-13-27(14-12-26)21-9-8-20(15-18(21)4)25-24(28)19-7-10-22(30-17(2)3)23(16-19)29-5/h7-10,15-17H,6,11-14H2,1-5H3,(H,25,28). The minimum absolute atomic E-state index is 0.0324. The highest BCUT2D eigenvalue weighted by atomic mass is 16.5. The number of hydrogen-bond acceptors (Lipinski definition) is 5. The Hall–Kier alpha value is -2.73. The molecule has 0 radical (unpaired) electrons. The molecular formula is C24H33N3O3.